The molecule has 0 aliphatic heterocycles. The Morgan fingerprint density at radius 3 is 2.19 bits per heavy atom. The second-order valence-electron chi connectivity index (χ2n) is 6.07. The summed E-state index contributed by atoms with van der Waals surface area (Å²) in [4.78, 5) is 2.11. The first-order valence-corrected chi connectivity index (χ1v) is 7.94. The third-order valence-corrected chi connectivity index (χ3v) is 3.94. The van der Waals surface area contributed by atoms with Crippen LogP contribution >= 0.6 is 11.6 Å². The van der Waals surface area contributed by atoms with Gasteiger partial charge in [-0.25, -0.2) is 0 Å². The van der Waals surface area contributed by atoms with E-state index in [0.717, 1.165) is 16.9 Å². The highest BCUT2D eigenvalue weighted by molar-refractivity contribution is 6.30. The molecular weight excluding hydrogens is 286 g/mol. The molecule has 0 radical (unpaired) electrons. The van der Waals surface area contributed by atoms with E-state index in [9.17, 15) is 5.11 Å². The molecule has 1 rings (SSSR count). The summed E-state index contributed by atoms with van der Waals surface area (Å²) < 4.78 is 5.94. The highest BCUT2D eigenvalue weighted by atomic mass is 35.5. The van der Waals surface area contributed by atoms with Crippen molar-refractivity contribution in [1.82, 2.24) is 4.90 Å². The van der Waals surface area contributed by atoms with Gasteiger partial charge in [0.25, 0.3) is 0 Å². The molecule has 0 spiro atoms. The molecule has 0 saturated heterocycles. The Hall–Kier alpha value is -0.770. The van der Waals surface area contributed by atoms with Crippen LogP contribution in [0.2, 0.25) is 5.02 Å². The SMILES string of the molecule is CCOc1c(C(C)C)cc(Cl)cc1C(C(C)CO)N(C)C. The normalized spacial score (nSPS) is 14.6. The predicted octanol–water partition coefficient (Wildman–Crippen LogP) is 4.09. The average molecular weight is 314 g/mol. The Labute approximate surface area is 133 Å². The molecule has 120 valence electrons. The Morgan fingerprint density at radius 1 is 1.19 bits per heavy atom. The quantitative estimate of drug-likeness (QED) is 0.823. The van der Waals surface area contributed by atoms with E-state index < -0.39 is 0 Å². The highest BCUT2D eigenvalue weighted by Crippen LogP contribution is 2.40. The zero-order chi connectivity index (χ0) is 16.2. The molecule has 1 aromatic carbocycles. The summed E-state index contributed by atoms with van der Waals surface area (Å²) in [6, 6.07) is 4.01. The van der Waals surface area contributed by atoms with Crippen LogP contribution in [0.3, 0.4) is 0 Å². The van der Waals surface area contributed by atoms with Crippen molar-refractivity contribution in [3.8, 4) is 5.75 Å². The van der Waals surface area contributed by atoms with Gasteiger partial charge in [-0.15, -0.1) is 0 Å². The number of aliphatic hydroxyl groups excluding tert-OH is 1. The summed E-state index contributed by atoms with van der Waals surface area (Å²) in [7, 11) is 4.03. The predicted molar refractivity (Wildman–Crippen MR) is 89.4 cm³/mol. The number of nitrogens with zero attached hydrogens (tertiary/aromatic N) is 1. The maximum absolute atomic E-state index is 9.58. The molecule has 0 fully saturated rings. The third-order valence-electron chi connectivity index (χ3n) is 3.72. The fourth-order valence-electron chi connectivity index (χ4n) is 2.79. The second kappa shape index (κ2) is 8.02. The molecule has 0 aliphatic carbocycles. The minimum absolute atomic E-state index is 0.0627. The van der Waals surface area contributed by atoms with Crippen LogP contribution in [0.25, 0.3) is 0 Å². The molecule has 0 saturated carbocycles. The van der Waals surface area contributed by atoms with Gasteiger partial charge >= 0.3 is 0 Å². The molecule has 2 atom stereocenters. The fraction of sp³-hybridized carbons (Fsp3) is 0.647. The van der Waals surface area contributed by atoms with Gasteiger partial charge in [0.2, 0.25) is 0 Å². The van der Waals surface area contributed by atoms with Gasteiger partial charge in [0.1, 0.15) is 5.75 Å². The summed E-state index contributed by atoms with van der Waals surface area (Å²) in [6.07, 6.45) is 0. The number of hydrogen-bond donors (Lipinski definition) is 1. The zero-order valence-corrected chi connectivity index (χ0v) is 14.7. The summed E-state index contributed by atoms with van der Waals surface area (Å²) in [6.45, 7) is 9.04. The molecule has 21 heavy (non-hydrogen) atoms. The molecule has 2 unspecified atom stereocenters. The van der Waals surface area contributed by atoms with Gasteiger partial charge in [-0.1, -0.05) is 32.4 Å². The highest BCUT2D eigenvalue weighted by Gasteiger charge is 2.27. The first-order chi connectivity index (χ1) is 9.83. The largest absolute Gasteiger partial charge is 0.493 e. The van der Waals surface area contributed by atoms with E-state index in [-0.39, 0.29) is 18.6 Å². The maximum atomic E-state index is 9.58. The van der Waals surface area contributed by atoms with E-state index in [4.69, 9.17) is 16.3 Å². The van der Waals surface area contributed by atoms with Crippen molar-refractivity contribution in [2.24, 2.45) is 5.92 Å². The van der Waals surface area contributed by atoms with Crippen molar-refractivity contribution in [2.45, 2.75) is 39.7 Å². The van der Waals surface area contributed by atoms with Gasteiger partial charge in [0.15, 0.2) is 0 Å². The van der Waals surface area contributed by atoms with Crippen molar-refractivity contribution in [2.75, 3.05) is 27.3 Å². The minimum Gasteiger partial charge on any atom is -0.493 e. The number of hydrogen-bond acceptors (Lipinski definition) is 3. The van der Waals surface area contributed by atoms with Gasteiger partial charge in [0, 0.05) is 23.2 Å². The molecule has 0 aromatic heterocycles. The number of aliphatic hydroxyl groups is 1. The Morgan fingerprint density at radius 2 is 1.76 bits per heavy atom. The van der Waals surface area contributed by atoms with Gasteiger partial charge in [-0.2, -0.15) is 0 Å². The molecule has 0 bridgehead atoms. The summed E-state index contributed by atoms with van der Waals surface area (Å²) >= 11 is 6.33. The Balaban J connectivity index is 3.49. The lowest BCUT2D eigenvalue weighted by Gasteiger charge is -2.32. The minimum atomic E-state index is 0.0627. The number of rotatable bonds is 7. The lowest BCUT2D eigenvalue weighted by molar-refractivity contribution is 0.142. The van der Waals surface area contributed by atoms with Crippen molar-refractivity contribution in [3.05, 3.63) is 28.3 Å². The van der Waals surface area contributed by atoms with Crippen LogP contribution in [-0.4, -0.2) is 37.3 Å². The molecule has 3 nitrogen and oxygen atoms in total. The van der Waals surface area contributed by atoms with Gasteiger partial charge in [0.05, 0.1) is 6.61 Å². The summed E-state index contributed by atoms with van der Waals surface area (Å²) in [5.41, 5.74) is 2.18. The zero-order valence-electron chi connectivity index (χ0n) is 14.0. The van der Waals surface area contributed by atoms with E-state index in [1.165, 1.54) is 0 Å². The van der Waals surface area contributed by atoms with E-state index in [2.05, 4.69) is 18.7 Å². The fourth-order valence-corrected chi connectivity index (χ4v) is 3.02. The monoisotopic (exact) mass is 313 g/mol. The van der Waals surface area contributed by atoms with Crippen LogP contribution in [-0.2, 0) is 0 Å². The first kappa shape index (κ1) is 18.3. The van der Waals surface area contributed by atoms with Gasteiger partial charge < -0.3 is 14.7 Å². The maximum Gasteiger partial charge on any atom is 0.127 e. The van der Waals surface area contributed by atoms with Crippen LogP contribution in [0.15, 0.2) is 12.1 Å². The lowest BCUT2D eigenvalue weighted by atomic mass is 9.89. The van der Waals surface area contributed by atoms with Crippen LogP contribution in [0, 0.1) is 5.92 Å². The number of halogens is 1. The molecule has 0 aliphatic rings. The van der Waals surface area contributed by atoms with Crippen molar-refractivity contribution >= 4 is 11.6 Å². The van der Waals surface area contributed by atoms with E-state index in [0.29, 0.717) is 17.5 Å². The standard InChI is InChI=1S/C17H28ClNO2/c1-7-21-17-14(11(2)3)8-13(18)9-15(17)16(19(5)6)12(4)10-20/h8-9,11-12,16,20H,7,10H2,1-6H3. The Kier molecular flexibility index (Phi) is 6.98. The van der Waals surface area contributed by atoms with Crippen molar-refractivity contribution < 1.29 is 9.84 Å². The second-order valence-corrected chi connectivity index (χ2v) is 6.51. The molecular formula is C17H28ClNO2. The summed E-state index contributed by atoms with van der Waals surface area (Å²) in [5, 5.41) is 10.3. The molecule has 4 heteroatoms. The van der Waals surface area contributed by atoms with Crippen molar-refractivity contribution in [1.29, 1.82) is 0 Å². The van der Waals surface area contributed by atoms with Crippen LogP contribution in [0.1, 0.15) is 50.8 Å². The van der Waals surface area contributed by atoms with Crippen LogP contribution in [0.5, 0.6) is 5.75 Å². The third kappa shape index (κ3) is 4.35. The van der Waals surface area contributed by atoms with E-state index in [1.807, 2.05) is 40.1 Å². The van der Waals surface area contributed by atoms with Crippen LogP contribution in [0.4, 0.5) is 0 Å². The molecule has 0 heterocycles. The molecule has 0 amide bonds. The Bertz CT molecular complexity index is 460. The van der Waals surface area contributed by atoms with Gasteiger partial charge in [-0.3, -0.25) is 0 Å². The topological polar surface area (TPSA) is 32.7 Å². The van der Waals surface area contributed by atoms with Gasteiger partial charge in [-0.05, 0) is 50.6 Å². The van der Waals surface area contributed by atoms with E-state index in [1.54, 1.807) is 0 Å². The van der Waals surface area contributed by atoms with Crippen LogP contribution < -0.4 is 4.74 Å². The lowest BCUT2D eigenvalue weighted by Crippen LogP contribution is -2.28. The smallest absolute Gasteiger partial charge is 0.127 e. The first-order valence-electron chi connectivity index (χ1n) is 7.56. The average Bonchev–Trinajstić information content (AvgIpc) is 2.40. The van der Waals surface area contributed by atoms with Crippen molar-refractivity contribution in [3.63, 3.8) is 0 Å². The number of benzene rings is 1. The molecule has 1 N–H and O–H groups in total. The van der Waals surface area contributed by atoms with E-state index >= 15 is 0 Å². The summed E-state index contributed by atoms with van der Waals surface area (Å²) in [5.74, 6) is 1.34. The molecule has 1 aromatic rings. The number of ether oxygens (including phenoxy) is 1.